The summed E-state index contributed by atoms with van der Waals surface area (Å²) in [5, 5.41) is 8.85. The predicted octanol–water partition coefficient (Wildman–Crippen LogP) is 2.20. The monoisotopic (exact) mass is 278 g/mol. The Bertz CT molecular complexity index is 431. The van der Waals surface area contributed by atoms with E-state index in [0.717, 1.165) is 0 Å². The number of para-hydroxylation sites is 1. The Balaban J connectivity index is 2.89. The average molecular weight is 278 g/mol. The highest BCUT2D eigenvalue weighted by Crippen LogP contribution is 2.31. The van der Waals surface area contributed by atoms with Crippen LogP contribution in [0.5, 0.6) is 11.5 Å². The zero-order valence-electron chi connectivity index (χ0n) is 10.1. The summed E-state index contributed by atoms with van der Waals surface area (Å²) in [5.74, 6) is 0.0455. The smallest absolute Gasteiger partial charge is 0.417 e. The van der Waals surface area contributed by atoms with Gasteiger partial charge < -0.3 is 14.6 Å². The van der Waals surface area contributed by atoms with Gasteiger partial charge in [-0.25, -0.2) is 0 Å². The first-order chi connectivity index (χ1) is 8.90. The van der Waals surface area contributed by atoms with Gasteiger partial charge in [-0.3, -0.25) is 4.79 Å². The third kappa shape index (κ3) is 4.13. The summed E-state index contributed by atoms with van der Waals surface area (Å²) in [5.41, 5.74) is 0.0559. The van der Waals surface area contributed by atoms with E-state index in [1.54, 1.807) is 6.92 Å². The van der Waals surface area contributed by atoms with Crippen molar-refractivity contribution in [3.63, 3.8) is 0 Å². The van der Waals surface area contributed by atoms with E-state index in [1.807, 2.05) is 0 Å². The van der Waals surface area contributed by atoms with E-state index >= 15 is 0 Å². The minimum absolute atomic E-state index is 0.0559. The Morgan fingerprint density at radius 3 is 2.58 bits per heavy atom. The predicted molar refractivity (Wildman–Crippen MR) is 60.6 cm³/mol. The highest BCUT2D eigenvalue weighted by atomic mass is 19.4. The van der Waals surface area contributed by atoms with Crippen LogP contribution in [0.4, 0.5) is 13.2 Å². The molecule has 0 spiro atoms. The van der Waals surface area contributed by atoms with Crippen molar-refractivity contribution in [1.82, 2.24) is 0 Å². The molecule has 0 aromatic heterocycles. The van der Waals surface area contributed by atoms with E-state index in [0.29, 0.717) is 6.29 Å². The summed E-state index contributed by atoms with van der Waals surface area (Å²) in [7, 11) is 0. The molecule has 0 bridgehead atoms. The quantitative estimate of drug-likeness (QED) is 0.810. The molecular formula is C12H13F3O4. The van der Waals surface area contributed by atoms with Gasteiger partial charge in [-0.05, 0) is 19.1 Å². The van der Waals surface area contributed by atoms with Gasteiger partial charge in [-0.15, -0.1) is 0 Å². The Morgan fingerprint density at radius 2 is 2.05 bits per heavy atom. The normalized spacial score (nSPS) is 12.9. The molecule has 0 radical (unpaired) electrons. The maximum Gasteiger partial charge on any atom is 0.417 e. The number of carbonyl (C=O) groups excluding carboxylic acids is 1. The second kappa shape index (κ2) is 6.42. The first-order valence-electron chi connectivity index (χ1n) is 5.48. The van der Waals surface area contributed by atoms with Gasteiger partial charge in [-0.2, -0.15) is 13.2 Å². The van der Waals surface area contributed by atoms with Crippen LogP contribution in [0.3, 0.4) is 0 Å². The lowest BCUT2D eigenvalue weighted by atomic mass is 10.2. The average Bonchev–Trinajstić information content (AvgIpc) is 2.35. The molecule has 1 unspecified atom stereocenters. The lowest BCUT2D eigenvalue weighted by Crippen LogP contribution is -2.34. The minimum atomic E-state index is -4.78. The van der Waals surface area contributed by atoms with Crippen LogP contribution in [-0.2, 0) is 0 Å². The summed E-state index contributed by atoms with van der Waals surface area (Å²) in [4.78, 5) is 10.8. The van der Waals surface area contributed by atoms with E-state index in [9.17, 15) is 18.0 Å². The summed E-state index contributed by atoms with van der Waals surface area (Å²) in [6.45, 7) is 0.941. The van der Waals surface area contributed by atoms with Crippen LogP contribution in [0.25, 0.3) is 0 Å². The van der Waals surface area contributed by atoms with Crippen LogP contribution >= 0.6 is 0 Å². The first kappa shape index (κ1) is 15.3. The number of aliphatic hydroxyl groups is 1. The fraction of sp³-hybridized carbons (Fsp3) is 0.417. The van der Waals surface area contributed by atoms with Crippen molar-refractivity contribution in [2.24, 2.45) is 0 Å². The summed E-state index contributed by atoms with van der Waals surface area (Å²) in [6.07, 6.45) is -6.96. The van der Waals surface area contributed by atoms with Gasteiger partial charge in [0.2, 0.25) is 0 Å². The van der Waals surface area contributed by atoms with Gasteiger partial charge in [0.15, 0.2) is 23.9 Å². The summed E-state index contributed by atoms with van der Waals surface area (Å²) in [6, 6.07) is 4.36. The van der Waals surface area contributed by atoms with Crippen LogP contribution in [0.1, 0.15) is 17.3 Å². The molecule has 0 amide bonds. The molecule has 0 aliphatic heterocycles. The second-order valence-electron chi connectivity index (χ2n) is 3.59. The van der Waals surface area contributed by atoms with Gasteiger partial charge in [-0.1, -0.05) is 6.07 Å². The molecule has 1 rings (SSSR count). The van der Waals surface area contributed by atoms with E-state index in [-0.39, 0.29) is 23.7 Å². The lowest BCUT2D eigenvalue weighted by Gasteiger charge is -2.18. The van der Waals surface area contributed by atoms with Crippen LogP contribution in [0, 0.1) is 0 Å². The van der Waals surface area contributed by atoms with Crippen LogP contribution in [-0.4, -0.2) is 36.9 Å². The number of hydrogen-bond donors (Lipinski definition) is 1. The van der Waals surface area contributed by atoms with Crippen molar-refractivity contribution in [2.75, 3.05) is 13.2 Å². The fourth-order valence-corrected chi connectivity index (χ4v) is 1.31. The Morgan fingerprint density at radius 1 is 1.37 bits per heavy atom. The number of aliphatic hydroxyl groups excluding tert-OH is 1. The van der Waals surface area contributed by atoms with Gasteiger partial charge in [0.05, 0.1) is 12.2 Å². The Labute approximate surface area is 107 Å². The number of ether oxygens (including phenoxy) is 2. The topological polar surface area (TPSA) is 55.8 Å². The van der Waals surface area contributed by atoms with Crippen molar-refractivity contribution < 1.29 is 32.5 Å². The molecule has 19 heavy (non-hydrogen) atoms. The molecule has 0 saturated carbocycles. The molecule has 0 saturated heterocycles. The first-order valence-corrected chi connectivity index (χ1v) is 5.48. The zero-order chi connectivity index (χ0) is 14.5. The lowest BCUT2D eigenvalue weighted by molar-refractivity contribution is -0.210. The minimum Gasteiger partial charge on any atom is -0.490 e. The van der Waals surface area contributed by atoms with Crippen molar-refractivity contribution >= 4 is 6.29 Å². The highest BCUT2D eigenvalue weighted by Gasteiger charge is 2.39. The molecule has 0 aliphatic rings. The van der Waals surface area contributed by atoms with E-state index < -0.39 is 18.9 Å². The number of halogens is 3. The van der Waals surface area contributed by atoms with Crippen molar-refractivity contribution in [3.8, 4) is 11.5 Å². The molecule has 0 fully saturated rings. The van der Waals surface area contributed by atoms with Gasteiger partial charge >= 0.3 is 6.18 Å². The van der Waals surface area contributed by atoms with E-state index in [1.165, 1.54) is 18.2 Å². The standard InChI is InChI=1S/C12H13F3O4/c1-2-18-9-5-3-4-8(6-16)11(9)19-7-10(17)12(13,14)15/h3-6,10,17H,2,7H2,1H3. The molecule has 1 aromatic carbocycles. The van der Waals surface area contributed by atoms with Gasteiger partial charge in [0.1, 0.15) is 6.61 Å². The number of benzene rings is 1. The molecule has 4 nitrogen and oxygen atoms in total. The van der Waals surface area contributed by atoms with Gasteiger partial charge in [0.25, 0.3) is 0 Å². The van der Waals surface area contributed by atoms with Crippen LogP contribution in [0.15, 0.2) is 18.2 Å². The highest BCUT2D eigenvalue weighted by molar-refractivity contribution is 5.81. The van der Waals surface area contributed by atoms with E-state index in [2.05, 4.69) is 0 Å². The maximum absolute atomic E-state index is 12.2. The fourth-order valence-electron chi connectivity index (χ4n) is 1.31. The van der Waals surface area contributed by atoms with E-state index in [4.69, 9.17) is 14.6 Å². The molecule has 1 atom stereocenters. The third-order valence-electron chi connectivity index (χ3n) is 2.20. The molecule has 1 N–H and O–H groups in total. The number of alkyl halides is 3. The molecular weight excluding hydrogens is 265 g/mol. The zero-order valence-corrected chi connectivity index (χ0v) is 10.1. The molecule has 106 valence electrons. The summed E-state index contributed by atoms with van der Waals surface area (Å²) >= 11 is 0. The van der Waals surface area contributed by atoms with Crippen molar-refractivity contribution in [1.29, 1.82) is 0 Å². The van der Waals surface area contributed by atoms with Crippen LogP contribution < -0.4 is 9.47 Å². The number of carbonyl (C=O) groups is 1. The van der Waals surface area contributed by atoms with Crippen LogP contribution in [0.2, 0.25) is 0 Å². The number of hydrogen-bond acceptors (Lipinski definition) is 4. The molecule has 0 heterocycles. The molecule has 7 heteroatoms. The molecule has 1 aromatic rings. The Hall–Kier alpha value is -1.76. The van der Waals surface area contributed by atoms with Gasteiger partial charge in [0, 0.05) is 0 Å². The summed E-state index contributed by atoms with van der Waals surface area (Å²) < 4.78 is 46.5. The largest absolute Gasteiger partial charge is 0.490 e. The molecule has 0 aliphatic carbocycles. The van der Waals surface area contributed by atoms with Crippen molar-refractivity contribution in [3.05, 3.63) is 23.8 Å². The Kier molecular flexibility index (Phi) is 5.17. The number of rotatable bonds is 6. The maximum atomic E-state index is 12.2. The number of aldehydes is 1. The SMILES string of the molecule is CCOc1cccc(C=O)c1OCC(O)C(F)(F)F. The van der Waals surface area contributed by atoms with Crippen molar-refractivity contribution in [2.45, 2.75) is 19.2 Å². The third-order valence-corrected chi connectivity index (χ3v) is 2.20. The second-order valence-corrected chi connectivity index (χ2v) is 3.59.